The molecular weight excluding hydrogens is 140 g/mol. The molecule has 0 unspecified atom stereocenters. The molecule has 2 saturated heterocycles. The molecule has 2 bridgehead atoms. The maximum absolute atomic E-state index is 5.52. The molecule has 0 aliphatic carbocycles. The zero-order valence-corrected chi connectivity index (χ0v) is 7.05. The summed E-state index contributed by atoms with van der Waals surface area (Å²) in [5.74, 6) is 0.701. The van der Waals surface area contributed by atoms with Gasteiger partial charge >= 0.3 is 0 Å². The van der Waals surface area contributed by atoms with E-state index in [1.165, 1.54) is 6.54 Å². The van der Waals surface area contributed by atoms with Crippen molar-refractivity contribution in [3.05, 3.63) is 0 Å². The first-order valence-corrected chi connectivity index (χ1v) is 4.34. The molecule has 0 spiro atoms. The highest BCUT2D eigenvalue weighted by Crippen LogP contribution is 2.10. The van der Waals surface area contributed by atoms with Gasteiger partial charge in [-0.2, -0.15) is 0 Å². The van der Waals surface area contributed by atoms with Crippen LogP contribution in [0.2, 0.25) is 0 Å². The summed E-state index contributed by atoms with van der Waals surface area (Å²) in [4.78, 5) is 2.40. The van der Waals surface area contributed by atoms with Gasteiger partial charge in [-0.05, 0) is 7.05 Å². The van der Waals surface area contributed by atoms with Crippen molar-refractivity contribution in [2.75, 3.05) is 39.9 Å². The van der Waals surface area contributed by atoms with Crippen LogP contribution in [0.25, 0.3) is 0 Å². The summed E-state index contributed by atoms with van der Waals surface area (Å²) in [6.45, 7) is 5.28. The smallest absolute Gasteiger partial charge is 0.0632 e. The number of nitrogens with zero attached hydrogens (tertiary/aromatic N) is 1. The third-order valence-corrected chi connectivity index (χ3v) is 2.47. The van der Waals surface area contributed by atoms with E-state index in [0.717, 1.165) is 26.3 Å². The zero-order valence-electron chi connectivity index (χ0n) is 7.05. The lowest BCUT2D eigenvalue weighted by Crippen LogP contribution is -2.39. The number of nitrogens with one attached hydrogen (secondary N) is 1. The van der Waals surface area contributed by atoms with Gasteiger partial charge in [-0.25, -0.2) is 0 Å². The van der Waals surface area contributed by atoms with Crippen molar-refractivity contribution >= 4 is 0 Å². The fourth-order valence-corrected chi connectivity index (χ4v) is 1.95. The molecule has 0 aromatic carbocycles. The average molecular weight is 156 g/mol. The van der Waals surface area contributed by atoms with Gasteiger partial charge in [-0.15, -0.1) is 0 Å². The highest BCUT2D eigenvalue weighted by molar-refractivity contribution is 4.81. The minimum Gasteiger partial charge on any atom is -0.379 e. The number of likely N-dealkylation sites (N-methyl/N-ethyl adjacent to an activating group) is 1. The molecule has 0 amide bonds. The molecule has 11 heavy (non-hydrogen) atoms. The van der Waals surface area contributed by atoms with E-state index in [1.807, 2.05) is 0 Å². The summed E-state index contributed by atoms with van der Waals surface area (Å²) >= 11 is 0. The minimum atomic E-state index is 0.562. The van der Waals surface area contributed by atoms with Crippen molar-refractivity contribution in [1.82, 2.24) is 10.2 Å². The summed E-state index contributed by atoms with van der Waals surface area (Å²) < 4.78 is 5.52. The minimum absolute atomic E-state index is 0.562. The van der Waals surface area contributed by atoms with Gasteiger partial charge in [0, 0.05) is 31.6 Å². The van der Waals surface area contributed by atoms with Gasteiger partial charge in [0.05, 0.1) is 13.2 Å². The molecule has 1 N–H and O–H groups in total. The maximum atomic E-state index is 5.52. The Morgan fingerprint density at radius 3 is 3.18 bits per heavy atom. The van der Waals surface area contributed by atoms with Gasteiger partial charge in [-0.3, -0.25) is 0 Å². The zero-order chi connectivity index (χ0) is 7.68. The van der Waals surface area contributed by atoms with E-state index in [-0.39, 0.29) is 0 Å². The van der Waals surface area contributed by atoms with Gasteiger partial charge < -0.3 is 15.0 Å². The first-order valence-electron chi connectivity index (χ1n) is 4.34. The number of hydrogen-bond acceptors (Lipinski definition) is 3. The number of hydrogen-bond donors (Lipinski definition) is 1. The first-order chi connectivity index (χ1) is 5.34. The summed E-state index contributed by atoms with van der Waals surface area (Å²) in [6, 6.07) is 0.562. The lowest BCUT2D eigenvalue weighted by atomic mass is 10.1. The summed E-state index contributed by atoms with van der Waals surface area (Å²) in [6.07, 6.45) is 0. The normalized spacial score (nSPS) is 40.1. The van der Waals surface area contributed by atoms with Crippen LogP contribution in [0.1, 0.15) is 0 Å². The Morgan fingerprint density at radius 1 is 1.36 bits per heavy atom. The van der Waals surface area contributed by atoms with Gasteiger partial charge in [-0.1, -0.05) is 0 Å². The summed E-state index contributed by atoms with van der Waals surface area (Å²) in [5.41, 5.74) is 0. The Morgan fingerprint density at radius 2 is 2.27 bits per heavy atom. The molecule has 3 nitrogen and oxygen atoms in total. The maximum Gasteiger partial charge on any atom is 0.0632 e. The molecule has 0 radical (unpaired) electrons. The van der Waals surface area contributed by atoms with Gasteiger partial charge in [0.2, 0.25) is 0 Å². The molecule has 64 valence electrons. The van der Waals surface area contributed by atoms with E-state index < -0.39 is 0 Å². The second-order valence-corrected chi connectivity index (χ2v) is 3.73. The van der Waals surface area contributed by atoms with E-state index in [4.69, 9.17) is 4.74 Å². The van der Waals surface area contributed by atoms with Crippen molar-refractivity contribution in [2.24, 2.45) is 5.92 Å². The molecule has 3 heteroatoms. The standard InChI is InChI=1S/C8H16N2O/c1-10-3-7-2-9-8(4-10)6-11-5-7/h7-9H,2-6H2,1H3/t7-,8-/m0/s1. The first kappa shape index (κ1) is 7.53. The molecule has 2 rings (SSSR count). The van der Waals surface area contributed by atoms with Crippen LogP contribution < -0.4 is 5.32 Å². The van der Waals surface area contributed by atoms with E-state index in [0.29, 0.717) is 12.0 Å². The van der Waals surface area contributed by atoms with Crippen LogP contribution in [-0.2, 0) is 4.74 Å². The number of rotatable bonds is 0. The Kier molecular flexibility index (Phi) is 2.11. The van der Waals surface area contributed by atoms with Crippen LogP contribution in [0.5, 0.6) is 0 Å². The molecule has 2 fully saturated rings. The molecule has 2 aliphatic heterocycles. The third-order valence-electron chi connectivity index (χ3n) is 2.47. The number of fused-ring (bicyclic) bond motifs is 3. The molecule has 2 heterocycles. The van der Waals surface area contributed by atoms with Crippen LogP contribution in [0.3, 0.4) is 0 Å². The van der Waals surface area contributed by atoms with Gasteiger partial charge in [0.25, 0.3) is 0 Å². The number of ether oxygens (including phenoxy) is 1. The van der Waals surface area contributed by atoms with Gasteiger partial charge in [0.1, 0.15) is 0 Å². The second kappa shape index (κ2) is 3.09. The fourth-order valence-electron chi connectivity index (χ4n) is 1.95. The molecular formula is C8H16N2O. The van der Waals surface area contributed by atoms with Crippen molar-refractivity contribution in [1.29, 1.82) is 0 Å². The Labute approximate surface area is 67.7 Å². The van der Waals surface area contributed by atoms with Crippen LogP contribution >= 0.6 is 0 Å². The molecule has 2 aliphatic rings. The topological polar surface area (TPSA) is 24.5 Å². The summed E-state index contributed by atoms with van der Waals surface area (Å²) in [7, 11) is 2.19. The Hall–Kier alpha value is -0.120. The summed E-state index contributed by atoms with van der Waals surface area (Å²) in [5, 5.41) is 3.51. The SMILES string of the molecule is CN1C[C@@H]2CN[C@H](COC2)C1. The van der Waals surface area contributed by atoms with Crippen molar-refractivity contribution in [2.45, 2.75) is 6.04 Å². The largest absolute Gasteiger partial charge is 0.379 e. The quantitative estimate of drug-likeness (QED) is 0.513. The predicted octanol–water partition coefficient (Wildman–Crippen LogP) is -0.464. The van der Waals surface area contributed by atoms with E-state index >= 15 is 0 Å². The van der Waals surface area contributed by atoms with Crippen LogP contribution in [0.4, 0.5) is 0 Å². The van der Waals surface area contributed by atoms with Crippen molar-refractivity contribution < 1.29 is 4.74 Å². The molecule has 0 aromatic heterocycles. The monoisotopic (exact) mass is 156 g/mol. The highest BCUT2D eigenvalue weighted by Gasteiger charge is 2.25. The van der Waals surface area contributed by atoms with Crippen LogP contribution in [0.15, 0.2) is 0 Å². The van der Waals surface area contributed by atoms with Crippen molar-refractivity contribution in [3.63, 3.8) is 0 Å². The second-order valence-electron chi connectivity index (χ2n) is 3.73. The molecule has 0 saturated carbocycles. The fraction of sp³-hybridized carbons (Fsp3) is 1.00. The van der Waals surface area contributed by atoms with Crippen molar-refractivity contribution in [3.8, 4) is 0 Å². The lowest BCUT2D eigenvalue weighted by molar-refractivity contribution is 0.0710. The third kappa shape index (κ3) is 1.72. The highest BCUT2D eigenvalue weighted by atomic mass is 16.5. The molecule has 0 aromatic rings. The lowest BCUT2D eigenvalue weighted by Gasteiger charge is -2.24. The van der Waals surface area contributed by atoms with Gasteiger partial charge in [0.15, 0.2) is 0 Å². The predicted molar refractivity (Wildman–Crippen MR) is 43.6 cm³/mol. The Balaban J connectivity index is 2.04. The molecule has 2 atom stereocenters. The van der Waals surface area contributed by atoms with Crippen LogP contribution in [-0.4, -0.2) is 50.8 Å². The Bertz CT molecular complexity index is 126. The van der Waals surface area contributed by atoms with E-state index in [2.05, 4.69) is 17.3 Å². The van der Waals surface area contributed by atoms with E-state index in [1.54, 1.807) is 0 Å². The average Bonchev–Trinajstić information content (AvgIpc) is 2.19. The van der Waals surface area contributed by atoms with Crippen LogP contribution in [0, 0.1) is 5.92 Å². The van der Waals surface area contributed by atoms with E-state index in [9.17, 15) is 0 Å².